The van der Waals surface area contributed by atoms with Crippen molar-refractivity contribution in [2.75, 3.05) is 0 Å². The van der Waals surface area contributed by atoms with Gasteiger partial charge in [-0.3, -0.25) is 0 Å². The van der Waals surface area contributed by atoms with Gasteiger partial charge in [-0.1, -0.05) is 35.2 Å². The normalized spacial score (nSPS) is 17.4. The van der Waals surface area contributed by atoms with E-state index in [0.717, 1.165) is 10.6 Å². The molecule has 1 aliphatic carbocycles. The van der Waals surface area contributed by atoms with E-state index in [-0.39, 0.29) is 6.04 Å². The minimum atomic E-state index is -0.0817. The molecule has 1 aromatic carbocycles. The van der Waals surface area contributed by atoms with Gasteiger partial charge in [0.1, 0.15) is 0 Å². The molecule has 4 heteroatoms. The van der Waals surface area contributed by atoms with Gasteiger partial charge in [-0.15, -0.1) is 5.10 Å². The molecule has 0 bridgehead atoms. The summed E-state index contributed by atoms with van der Waals surface area (Å²) >= 11 is 1.41. The molecular formula is C14H17N3S. The van der Waals surface area contributed by atoms with Gasteiger partial charge >= 0.3 is 0 Å². The number of nitrogens with zero attached hydrogens (tertiary/aromatic N) is 2. The predicted octanol–water partition coefficient (Wildman–Crippen LogP) is 3.16. The molecule has 0 aliphatic heterocycles. The van der Waals surface area contributed by atoms with Crippen LogP contribution < -0.4 is 5.73 Å². The number of rotatable bonds is 3. The number of hydrogen-bond acceptors (Lipinski definition) is 4. The number of nitrogens with two attached hydrogens (primary N) is 1. The maximum atomic E-state index is 6.41. The molecule has 94 valence electrons. The van der Waals surface area contributed by atoms with Crippen LogP contribution in [0.15, 0.2) is 24.3 Å². The van der Waals surface area contributed by atoms with Crippen LogP contribution in [-0.4, -0.2) is 9.59 Å². The second-order valence-electron chi connectivity index (χ2n) is 4.96. The van der Waals surface area contributed by atoms with Crippen LogP contribution in [0.3, 0.4) is 0 Å². The van der Waals surface area contributed by atoms with Crippen LogP contribution in [0.5, 0.6) is 0 Å². The Labute approximate surface area is 111 Å². The van der Waals surface area contributed by atoms with Gasteiger partial charge in [-0.25, -0.2) is 0 Å². The Morgan fingerprint density at radius 3 is 2.72 bits per heavy atom. The standard InChI is InChI=1S/C14H17N3S/c1-9-14(18-17-16-9)13(15)12-8-3-2-7-11(12)10-5-4-6-10/h2-3,7-8,10,13H,4-6,15H2,1H3. The predicted molar refractivity (Wildman–Crippen MR) is 73.7 cm³/mol. The van der Waals surface area contributed by atoms with Crippen molar-refractivity contribution >= 4 is 11.5 Å². The number of aryl methyl sites for hydroxylation is 1. The van der Waals surface area contributed by atoms with Crippen molar-refractivity contribution in [1.29, 1.82) is 0 Å². The molecule has 1 unspecified atom stereocenters. The van der Waals surface area contributed by atoms with Crippen LogP contribution in [0.4, 0.5) is 0 Å². The molecule has 1 atom stereocenters. The smallest absolute Gasteiger partial charge is 0.0776 e. The highest BCUT2D eigenvalue weighted by molar-refractivity contribution is 7.05. The lowest BCUT2D eigenvalue weighted by atomic mass is 9.77. The Morgan fingerprint density at radius 1 is 1.33 bits per heavy atom. The van der Waals surface area contributed by atoms with E-state index in [9.17, 15) is 0 Å². The van der Waals surface area contributed by atoms with Gasteiger partial charge < -0.3 is 5.73 Å². The third-order valence-electron chi connectivity index (χ3n) is 3.85. The largest absolute Gasteiger partial charge is 0.319 e. The Kier molecular flexibility index (Phi) is 3.14. The summed E-state index contributed by atoms with van der Waals surface area (Å²) in [6.07, 6.45) is 3.93. The maximum Gasteiger partial charge on any atom is 0.0776 e. The highest BCUT2D eigenvalue weighted by atomic mass is 32.1. The van der Waals surface area contributed by atoms with Crippen LogP contribution in [0.2, 0.25) is 0 Å². The van der Waals surface area contributed by atoms with Crippen molar-refractivity contribution in [2.24, 2.45) is 5.73 Å². The van der Waals surface area contributed by atoms with Gasteiger partial charge in [0, 0.05) is 0 Å². The average molecular weight is 259 g/mol. The first-order valence-corrected chi connectivity index (χ1v) is 7.18. The van der Waals surface area contributed by atoms with Crippen molar-refractivity contribution in [2.45, 2.75) is 38.1 Å². The highest BCUT2D eigenvalue weighted by Gasteiger charge is 2.25. The van der Waals surface area contributed by atoms with Gasteiger partial charge in [0.05, 0.1) is 16.6 Å². The SMILES string of the molecule is Cc1nnsc1C(N)c1ccccc1C1CCC1. The lowest BCUT2D eigenvalue weighted by Crippen LogP contribution is -2.18. The maximum absolute atomic E-state index is 6.41. The summed E-state index contributed by atoms with van der Waals surface area (Å²) in [6.45, 7) is 1.98. The van der Waals surface area contributed by atoms with E-state index < -0.39 is 0 Å². The lowest BCUT2D eigenvalue weighted by molar-refractivity contribution is 0.416. The molecule has 3 rings (SSSR count). The monoisotopic (exact) mass is 259 g/mol. The highest BCUT2D eigenvalue weighted by Crippen LogP contribution is 2.40. The molecule has 18 heavy (non-hydrogen) atoms. The molecule has 1 saturated carbocycles. The van der Waals surface area contributed by atoms with Crippen LogP contribution >= 0.6 is 11.5 Å². The Bertz CT molecular complexity index is 545. The summed E-state index contributed by atoms with van der Waals surface area (Å²) in [5.41, 5.74) is 10.0. The van der Waals surface area contributed by atoms with Crippen molar-refractivity contribution in [3.63, 3.8) is 0 Å². The van der Waals surface area contributed by atoms with Crippen molar-refractivity contribution in [3.05, 3.63) is 46.0 Å². The van der Waals surface area contributed by atoms with Crippen molar-refractivity contribution < 1.29 is 0 Å². The summed E-state index contributed by atoms with van der Waals surface area (Å²) < 4.78 is 3.99. The lowest BCUT2D eigenvalue weighted by Gasteiger charge is -2.29. The van der Waals surface area contributed by atoms with Gasteiger partial charge in [-0.2, -0.15) is 0 Å². The molecule has 1 aliphatic rings. The molecule has 2 N–H and O–H groups in total. The molecule has 2 aromatic rings. The van der Waals surface area contributed by atoms with E-state index in [2.05, 4.69) is 33.9 Å². The zero-order chi connectivity index (χ0) is 12.5. The second kappa shape index (κ2) is 4.78. The molecule has 1 aromatic heterocycles. The molecule has 1 fully saturated rings. The average Bonchev–Trinajstić information content (AvgIpc) is 2.73. The minimum absolute atomic E-state index is 0.0817. The number of benzene rings is 1. The second-order valence-corrected chi connectivity index (χ2v) is 5.74. The summed E-state index contributed by atoms with van der Waals surface area (Å²) in [7, 11) is 0. The molecule has 0 amide bonds. The zero-order valence-electron chi connectivity index (χ0n) is 10.5. The van der Waals surface area contributed by atoms with E-state index in [0.29, 0.717) is 5.92 Å². The quantitative estimate of drug-likeness (QED) is 0.921. The molecule has 1 heterocycles. The van der Waals surface area contributed by atoms with E-state index in [1.54, 1.807) is 0 Å². The third-order valence-corrected chi connectivity index (χ3v) is 4.75. The van der Waals surface area contributed by atoms with Gasteiger partial charge in [0.25, 0.3) is 0 Å². The van der Waals surface area contributed by atoms with E-state index in [1.165, 1.54) is 41.9 Å². The first kappa shape index (κ1) is 11.8. The van der Waals surface area contributed by atoms with Crippen LogP contribution in [0.1, 0.15) is 52.9 Å². The van der Waals surface area contributed by atoms with Crippen LogP contribution in [0.25, 0.3) is 0 Å². The van der Waals surface area contributed by atoms with Gasteiger partial charge in [-0.05, 0) is 48.3 Å². The topological polar surface area (TPSA) is 51.8 Å². The summed E-state index contributed by atoms with van der Waals surface area (Å²) in [6, 6.07) is 8.48. The van der Waals surface area contributed by atoms with Crippen molar-refractivity contribution in [1.82, 2.24) is 9.59 Å². The zero-order valence-corrected chi connectivity index (χ0v) is 11.3. The fourth-order valence-corrected chi connectivity index (χ4v) is 3.21. The summed E-state index contributed by atoms with van der Waals surface area (Å²) in [5.74, 6) is 0.702. The Balaban J connectivity index is 1.98. The Hall–Kier alpha value is -1.26. The Morgan fingerprint density at radius 2 is 2.11 bits per heavy atom. The minimum Gasteiger partial charge on any atom is -0.319 e. The van der Waals surface area contributed by atoms with E-state index in [1.807, 2.05) is 6.92 Å². The summed E-state index contributed by atoms with van der Waals surface area (Å²) in [4.78, 5) is 1.08. The van der Waals surface area contributed by atoms with Gasteiger partial charge in [0.15, 0.2) is 0 Å². The fraction of sp³-hybridized carbons (Fsp3) is 0.429. The van der Waals surface area contributed by atoms with E-state index in [4.69, 9.17) is 5.73 Å². The van der Waals surface area contributed by atoms with Crippen molar-refractivity contribution in [3.8, 4) is 0 Å². The molecular weight excluding hydrogens is 242 g/mol. The van der Waals surface area contributed by atoms with E-state index >= 15 is 0 Å². The van der Waals surface area contributed by atoms with Crippen LogP contribution in [0, 0.1) is 6.92 Å². The molecule has 3 nitrogen and oxygen atoms in total. The van der Waals surface area contributed by atoms with Gasteiger partial charge in [0.2, 0.25) is 0 Å². The molecule has 0 radical (unpaired) electrons. The van der Waals surface area contributed by atoms with Crippen LogP contribution in [-0.2, 0) is 0 Å². The first-order chi connectivity index (χ1) is 8.77. The number of hydrogen-bond donors (Lipinski definition) is 1. The molecule has 0 saturated heterocycles. The fourth-order valence-electron chi connectivity index (χ4n) is 2.55. The number of aromatic nitrogens is 2. The summed E-state index contributed by atoms with van der Waals surface area (Å²) in [5, 5.41) is 4.06. The third kappa shape index (κ3) is 1.95. The first-order valence-electron chi connectivity index (χ1n) is 6.40. The molecule has 0 spiro atoms.